The van der Waals surface area contributed by atoms with E-state index in [2.05, 4.69) is 50.1 Å². The third kappa shape index (κ3) is 14.6. The lowest BCUT2D eigenvalue weighted by Gasteiger charge is -2.27. The smallest absolute Gasteiger partial charge is 0.118 e. The molecule has 0 radical (unpaired) electrons. The molecular weight excluding hydrogens is 584 g/mol. The van der Waals surface area contributed by atoms with Gasteiger partial charge in [0.2, 0.25) is 0 Å². The summed E-state index contributed by atoms with van der Waals surface area (Å²) in [6, 6.07) is 0. The van der Waals surface area contributed by atoms with Gasteiger partial charge in [-0.2, -0.15) is 0 Å². The Kier molecular flexibility index (Phi) is 17.6. The van der Waals surface area contributed by atoms with Gasteiger partial charge in [0, 0.05) is 26.1 Å². The number of hydrogen-bond donors (Lipinski definition) is 0. The molecule has 5 unspecified atom stereocenters. The fraction of sp³-hybridized carbons (Fsp3) is 0.421. The van der Waals surface area contributed by atoms with Gasteiger partial charge in [-0.1, -0.05) is 74.4 Å². The van der Waals surface area contributed by atoms with Gasteiger partial charge in [-0.05, 0) is 47.9 Å². The summed E-state index contributed by atoms with van der Waals surface area (Å²) in [6.45, 7) is 16.5. The minimum atomic E-state index is -0.103. The molecule has 0 saturated carbocycles. The molecule has 3 aliphatic rings. The molecule has 0 bridgehead atoms. The van der Waals surface area contributed by atoms with Crippen LogP contribution in [0.3, 0.4) is 0 Å². The molecule has 0 aromatic carbocycles. The molecule has 0 amide bonds. The van der Waals surface area contributed by atoms with Crippen LogP contribution in [0.25, 0.3) is 0 Å². The maximum atomic E-state index is 6.04. The van der Waals surface area contributed by atoms with Crippen LogP contribution in [-0.2, 0) is 37.9 Å². The third-order valence-corrected chi connectivity index (χ3v) is 7.20. The highest BCUT2D eigenvalue weighted by Crippen LogP contribution is 2.34. The van der Waals surface area contributed by atoms with Crippen LogP contribution in [0.1, 0.15) is 6.42 Å². The molecule has 0 N–H and O–H groups in total. The summed E-state index contributed by atoms with van der Waals surface area (Å²) < 4.78 is 44.0. The first-order chi connectivity index (χ1) is 22.6. The summed E-state index contributed by atoms with van der Waals surface area (Å²) in [4.78, 5) is 0. The normalized spacial score (nSPS) is 23.0. The highest BCUT2D eigenvalue weighted by atomic mass is 16.6. The number of epoxide rings is 2. The van der Waals surface area contributed by atoms with Crippen molar-refractivity contribution in [3.8, 4) is 0 Å². The molecule has 0 aromatic rings. The lowest BCUT2D eigenvalue weighted by molar-refractivity contribution is 0.0729. The van der Waals surface area contributed by atoms with Crippen LogP contribution in [0, 0.1) is 11.8 Å². The highest BCUT2D eigenvalue weighted by molar-refractivity contribution is 5.39. The number of rotatable bonds is 25. The Hall–Kier alpha value is -3.66. The summed E-state index contributed by atoms with van der Waals surface area (Å²) in [5.74, 6) is 1.18. The van der Waals surface area contributed by atoms with E-state index in [1.807, 2.05) is 42.5 Å². The summed E-state index contributed by atoms with van der Waals surface area (Å²) in [6.07, 6.45) is 30.7. The van der Waals surface area contributed by atoms with Crippen molar-refractivity contribution in [3.63, 3.8) is 0 Å². The molecule has 5 atom stereocenters. The molecular formula is C38H50O8. The second kappa shape index (κ2) is 22.0. The predicted molar refractivity (Wildman–Crippen MR) is 182 cm³/mol. The standard InChI is InChI=1S/C38H50O8/c1-6-30(12-11-21-41-24-22-39-4)37(15-9-13-32(7-2)42-25-23-40-5)38(16-10-14-33(8-3)43-26-35-28-45-35)31-17-19-34(20-18-31)44-27-36-29-46-36/h6-19,21,34-38H,1-3,20,22-29H2,4-5H3/b15-9+,16-10+,21-11+,30-12+,32-13+,33-14+. The number of hydrogen-bond acceptors (Lipinski definition) is 8. The van der Waals surface area contributed by atoms with E-state index < -0.39 is 0 Å². The Balaban J connectivity index is 1.93. The third-order valence-electron chi connectivity index (χ3n) is 7.20. The van der Waals surface area contributed by atoms with Gasteiger partial charge in [-0.25, -0.2) is 0 Å². The minimum absolute atomic E-state index is 0.0146. The van der Waals surface area contributed by atoms with Gasteiger partial charge in [-0.15, -0.1) is 0 Å². The van der Waals surface area contributed by atoms with Gasteiger partial charge >= 0.3 is 0 Å². The average molecular weight is 635 g/mol. The second-order valence-electron chi connectivity index (χ2n) is 10.7. The topological polar surface area (TPSA) is 80.4 Å². The molecule has 46 heavy (non-hydrogen) atoms. The van der Waals surface area contributed by atoms with Gasteiger partial charge in [0.25, 0.3) is 0 Å². The lowest BCUT2D eigenvalue weighted by Crippen LogP contribution is -2.19. The fourth-order valence-corrected chi connectivity index (χ4v) is 4.47. The average Bonchev–Trinajstić information content (AvgIpc) is 4.02. The van der Waals surface area contributed by atoms with E-state index in [9.17, 15) is 0 Å². The van der Waals surface area contributed by atoms with Crippen LogP contribution in [0.4, 0.5) is 0 Å². The highest BCUT2D eigenvalue weighted by Gasteiger charge is 2.26. The molecule has 0 spiro atoms. The molecule has 2 heterocycles. The summed E-state index contributed by atoms with van der Waals surface area (Å²) in [5, 5.41) is 0. The number of allylic oxidation sites excluding steroid dienone is 14. The van der Waals surface area contributed by atoms with Crippen molar-refractivity contribution in [2.45, 2.75) is 24.7 Å². The minimum Gasteiger partial charge on any atom is -0.499 e. The molecule has 2 fully saturated rings. The molecule has 0 aromatic heterocycles. The van der Waals surface area contributed by atoms with Crippen LogP contribution >= 0.6 is 0 Å². The monoisotopic (exact) mass is 634 g/mol. The molecule has 3 rings (SSSR count). The Morgan fingerprint density at radius 2 is 1.50 bits per heavy atom. The van der Waals surface area contributed by atoms with E-state index >= 15 is 0 Å². The maximum absolute atomic E-state index is 6.04. The SMILES string of the molecule is C=C/C(=C\C=C\C(/C(C=C)=C/C=C/OCCOC)C(/C=C/C=C(\C=C)OCC1CO1)C1=CCC(OCC2CO2)C=C1)OCCOC. The summed E-state index contributed by atoms with van der Waals surface area (Å²) in [5.41, 5.74) is 2.16. The van der Waals surface area contributed by atoms with Crippen molar-refractivity contribution >= 4 is 0 Å². The van der Waals surface area contributed by atoms with Crippen molar-refractivity contribution in [3.05, 3.63) is 134 Å². The van der Waals surface area contributed by atoms with Gasteiger partial charge in [0.05, 0.1) is 45.4 Å². The fourth-order valence-electron chi connectivity index (χ4n) is 4.47. The molecule has 8 heteroatoms. The van der Waals surface area contributed by atoms with E-state index in [0.717, 1.165) is 30.8 Å². The number of methoxy groups -OCH3 is 2. The zero-order chi connectivity index (χ0) is 32.8. The maximum Gasteiger partial charge on any atom is 0.118 e. The largest absolute Gasteiger partial charge is 0.499 e. The lowest BCUT2D eigenvalue weighted by atomic mass is 9.78. The Labute approximate surface area is 275 Å². The van der Waals surface area contributed by atoms with E-state index in [0.29, 0.717) is 51.2 Å². The van der Waals surface area contributed by atoms with Gasteiger partial charge in [-0.3, -0.25) is 0 Å². The van der Waals surface area contributed by atoms with Crippen molar-refractivity contribution in [1.29, 1.82) is 0 Å². The zero-order valence-corrected chi connectivity index (χ0v) is 27.3. The van der Waals surface area contributed by atoms with Crippen molar-refractivity contribution in [2.24, 2.45) is 11.8 Å². The first-order valence-electron chi connectivity index (χ1n) is 15.7. The van der Waals surface area contributed by atoms with Crippen molar-refractivity contribution in [1.82, 2.24) is 0 Å². The Morgan fingerprint density at radius 3 is 2.13 bits per heavy atom. The van der Waals surface area contributed by atoms with Crippen LogP contribution in [0.15, 0.2) is 134 Å². The van der Waals surface area contributed by atoms with Crippen LogP contribution in [0.5, 0.6) is 0 Å². The van der Waals surface area contributed by atoms with E-state index in [-0.39, 0.29) is 30.1 Å². The number of ether oxygens (including phenoxy) is 8. The van der Waals surface area contributed by atoms with Crippen LogP contribution in [0.2, 0.25) is 0 Å². The Bertz CT molecular complexity index is 1190. The summed E-state index contributed by atoms with van der Waals surface area (Å²) >= 11 is 0. The van der Waals surface area contributed by atoms with Gasteiger partial charge in [0.15, 0.2) is 0 Å². The predicted octanol–water partition coefficient (Wildman–Crippen LogP) is 6.51. The van der Waals surface area contributed by atoms with Crippen molar-refractivity contribution < 1.29 is 37.9 Å². The molecule has 1 aliphatic carbocycles. The molecule has 250 valence electrons. The van der Waals surface area contributed by atoms with E-state index in [1.165, 1.54) is 0 Å². The molecule has 8 nitrogen and oxygen atoms in total. The van der Waals surface area contributed by atoms with E-state index in [4.69, 9.17) is 37.9 Å². The molecule has 2 aliphatic heterocycles. The zero-order valence-electron chi connectivity index (χ0n) is 27.3. The first kappa shape index (κ1) is 36.8. The van der Waals surface area contributed by atoms with Crippen LogP contribution < -0.4 is 0 Å². The quantitative estimate of drug-likeness (QED) is 0.0487. The van der Waals surface area contributed by atoms with Crippen molar-refractivity contribution in [2.75, 3.05) is 67.1 Å². The molecule has 2 saturated heterocycles. The Morgan fingerprint density at radius 1 is 0.826 bits per heavy atom. The first-order valence-corrected chi connectivity index (χ1v) is 15.7. The van der Waals surface area contributed by atoms with Gasteiger partial charge < -0.3 is 37.9 Å². The van der Waals surface area contributed by atoms with Crippen LogP contribution in [-0.4, -0.2) is 85.4 Å². The second-order valence-corrected chi connectivity index (χ2v) is 10.7. The summed E-state index contributed by atoms with van der Waals surface area (Å²) in [7, 11) is 3.29. The van der Waals surface area contributed by atoms with E-state index in [1.54, 1.807) is 32.6 Å². The van der Waals surface area contributed by atoms with Gasteiger partial charge in [0.1, 0.15) is 43.5 Å².